The molecule has 0 radical (unpaired) electrons. The molecule has 2 N–H and O–H groups in total. The van der Waals surface area contributed by atoms with Crippen LogP contribution in [0, 0.1) is 0 Å². The summed E-state index contributed by atoms with van der Waals surface area (Å²) in [5, 5.41) is 0. The highest BCUT2D eigenvalue weighted by atomic mass is 16.3. The van der Waals surface area contributed by atoms with Gasteiger partial charge < -0.3 is 10.2 Å². The van der Waals surface area contributed by atoms with Gasteiger partial charge in [0.25, 0.3) is 0 Å². The lowest BCUT2D eigenvalue weighted by molar-refractivity contribution is 0.474. The minimum atomic E-state index is -0.209. The van der Waals surface area contributed by atoms with E-state index in [2.05, 4.69) is 17.1 Å². The number of benzene rings is 2. The number of aromatic nitrogens is 1. The van der Waals surface area contributed by atoms with E-state index in [-0.39, 0.29) is 6.04 Å². The Morgan fingerprint density at radius 1 is 1.00 bits per heavy atom. The van der Waals surface area contributed by atoms with Crippen molar-refractivity contribution in [2.75, 3.05) is 0 Å². The Bertz CT molecular complexity index is 613. The molecule has 0 aliphatic rings. The number of oxazole rings is 1. The lowest BCUT2D eigenvalue weighted by Crippen LogP contribution is -2.13. The molecule has 0 spiro atoms. The van der Waals surface area contributed by atoms with E-state index in [0.29, 0.717) is 5.89 Å². The Labute approximate surface area is 105 Å². The van der Waals surface area contributed by atoms with Crippen molar-refractivity contribution in [2.24, 2.45) is 5.73 Å². The van der Waals surface area contributed by atoms with Crippen LogP contribution in [-0.4, -0.2) is 4.98 Å². The molecule has 3 aromatic rings. The van der Waals surface area contributed by atoms with Gasteiger partial charge in [-0.25, -0.2) is 4.98 Å². The molecular formula is C15H14N2O. The van der Waals surface area contributed by atoms with Gasteiger partial charge in [0.2, 0.25) is 5.89 Å². The summed E-state index contributed by atoms with van der Waals surface area (Å²) in [4.78, 5) is 4.42. The van der Waals surface area contributed by atoms with Gasteiger partial charge in [0, 0.05) is 0 Å². The first-order valence-corrected chi connectivity index (χ1v) is 5.98. The van der Waals surface area contributed by atoms with Crippen LogP contribution in [-0.2, 0) is 6.42 Å². The molecule has 90 valence electrons. The van der Waals surface area contributed by atoms with Crippen molar-refractivity contribution in [3.63, 3.8) is 0 Å². The third-order valence-electron chi connectivity index (χ3n) is 2.93. The van der Waals surface area contributed by atoms with Crippen molar-refractivity contribution in [1.82, 2.24) is 4.98 Å². The summed E-state index contributed by atoms with van der Waals surface area (Å²) in [6.07, 6.45) is 0.730. The Balaban J connectivity index is 1.86. The van der Waals surface area contributed by atoms with Crippen molar-refractivity contribution in [1.29, 1.82) is 0 Å². The van der Waals surface area contributed by atoms with Crippen LogP contribution in [0.5, 0.6) is 0 Å². The van der Waals surface area contributed by atoms with Gasteiger partial charge in [-0.05, 0) is 24.1 Å². The fourth-order valence-corrected chi connectivity index (χ4v) is 2.00. The van der Waals surface area contributed by atoms with Crippen LogP contribution >= 0.6 is 0 Å². The fourth-order valence-electron chi connectivity index (χ4n) is 2.00. The molecule has 3 rings (SSSR count). The molecule has 0 saturated carbocycles. The average Bonchev–Trinajstić information content (AvgIpc) is 2.84. The molecule has 0 aliphatic carbocycles. The molecule has 1 atom stereocenters. The van der Waals surface area contributed by atoms with Gasteiger partial charge in [-0.3, -0.25) is 0 Å². The Morgan fingerprint density at radius 2 is 1.72 bits per heavy atom. The largest absolute Gasteiger partial charge is 0.439 e. The van der Waals surface area contributed by atoms with Gasteiger partial charge >= 0.3 is 0 Å². The highest BCUT2D eigenvalue weighted by Gasteiger charge is 2.14. The maximum Gasteiger partial charge on any atom is 0.212 e. The number of hydrogen-bond donors (Lipinski definition) is 1. The molecular weight excluding hydrogens is 224 g/mol. The first kappa shape index (κ1) is 11.0. The minimum absolute atomic E-state index is 0.209. The Morgan fingerprint density at radius 3 is 2.50 bits per heavy atom. The first-order chi connectivity index (χ1) is 8.83. The standard InChI is InChI=1S/C15H14N2O/c16-12(10-11-6-2-1-3-7-11)15-17-13-8-4-5-9-14(13)18-15/h1-9,12H,10,16H2/t12-/m0/s1. The van der Waals surface area contributed by atoms with E-state index in [4.69, 9.17) is 10.2 Å². The zero-order valence-corrected chi connectivity index (χ0v) is 9.91. The van der Waals surface area contributed by atoms with Gasteiger partial charge in [0.15, 0.2) is 5.58 Å². The topological polar surface area (TPSA) is 52.0 Å². The molecule has 18 heavy (non-hydrogen) atoms. The van der Waals surface area contributed by atoms with Crippen LogP contribution < -0.4 is 5.73 Å². The van der Waals surface area contributed by atoms with Crippen LogP contribution in [0.15, 0.2) is 59.0 Å². The van der Waals surface area contributed by atoms with E-state index >= 15 is 0 Å². The molecule has 2 aromatic carbocycles. The summed E-state index contributed by atoms with van der Waals surface area (Å²) in [6.45, 7) is 0. The summed E-state index contributed by atoms with van der Waals surface area (Å²) >= 11 is 0. The summed E-state index contributed by atoms with van der Waals surface area (Å²) in [6, 6.07) is 17.6. The second-order valence-electron chi connectivity index (χ2n) is 4.32. The van der Waals surface area contributed by atoms with E-state index in [1.165, 1.54) is 5.56 Å². The average molecular weight is 238 g/mol. The molecule has 0 aliphatic heterocycles. The van der Waals surface area contributed by atoms with Gasteiger partial charge in [-0.2, -0.15) is 0 Å². The Kier molecular flexibility index (Phi) is 2.82. The molecule has 0 amide bonds. The number of hydrogen-bond acceptors (Lipinski definition) is 3. The van der Waals surface area contributed by atoms with Crippen molar-refractivity contribution in [3.8, 4) is 0 Å². The van der Waals surface area contributed by atoms with Crippen LogP contribution in [0.3, 0.4) is 0 Å². The number of nitrogens with two attached hydrogens (primary N) is 1. The van der Waals surface area contributed by atoms with Crippen LogP contribution in [0.2, 0.25) is 0 Å². The van der Waals surface area contributed by atoms with E-state index in [1.54, 1.807) is 0 Å². The normalized spacial score (nSPS) is 12.7. The highest BCUT2D eigenvalue weighted by Crippen LogP contribution is 2.21. The third kappa shape index (κ3) is 2.13. The third-order valence-corrected chi connectivity index (χ3v) is 2.93. The molecule has 0 fully saturated rings. The molecule has 0 saturated heterocycles. The monoisotopic (exact) mass is 238 g/mol. The van der Waals surface area contributed by atoms with Gasteiger partial charge in [-0.15, -0.1) is 0 Å². The maximum absolute atomic E-state index is 6.13. The van der Waals surface area contributed by atoms with Gasteiger partial charge in [-0.1, -0.05) is 42.5 Å². The zero-order chi connectivity index (χ0) is 12.4. The number of para-hydroxylation sites is 2. The van der Waals surface area contributed by atoms with Crippen molar-refractivity contribution < 1.29 is 4.42 Å². The molecule has 3 heteroatoms. The highest BCUT2D eigenvalue weighted by molar-refractivity contribution is 5.72. The summed E-state index contributed by atoms with van der Waals surface area (Å²) in [7, 11) is 0. The lowest BCUT2D eigenvalue weighted by atomic mass is 10.1. The predicted octanol–water partition coefficient (Wildman–Crippen LogP) is 3.07. The first-order valence-electron chi connectivity index (χ1n) is 5.98. The number of rotatable bonds is 3. The molecule has 1 aromatic heterocycles. The fraction of sp³-hybridized carbons (Fsp3) is 0.133. The zero-order valence-electron chi connectivity index (χ0n) is 9.91. The van der Waals surface area contributed by atoms with E-state index in [0.717, 1.165) is 17.5 Å². The summed E-state index contributed by atoms with van der Waals surface area (Å²) < 4.78 is 5.67. The SMILES string of the molecule is N[C@@H](Cc1ccccc1)c1nc2ccccc2o1. The van der Waals surface area contributed by atoms with Crippen molar-refractivity contribution >= 4 is 11.1 Å². The van der Waals surface area contributed by atoms with E-state index in [1.807, 2.05) is 42.5 Å². The summed E-state index contributed by atoms with van der Waals surface area (Å²) in [5.74, 6) is 0.597. The quantitative estimate of drug-likeness (QED) is 0.763. The van der Waals surface area contributed by atoms with Crippen LogP contribution in [0.25, 0.3) is 11.1 Å². The minimum Gasteiger partial charge on any atom is -0.439 e. The predicted molar refractivity (Wildman–Crippen MR) is 71.1 cm³/mol. The molecule has 1 heterocycles. The van der Waals surface area contributed by atoms with Gasteiger partial charge in [0.1, 0.15) is 5.52 Å². The van der Waals surface area contributed by atoms with Crippen molar-refractivity contribution in [3.05, 3.63) is 66.1 Å². The van der Waals surface area contributed by atoms with Gasteiger partial charge in [0.05, 0.1) is 6.04 Å². The van der Waals surface area contributed by atoms with E-state index in [9.17, 15) is 0 Å². The second-order valence-corrected chi connectivity index (χ2v) is 4.32. The van der Waals surface area contributed by atoms with Crippen LogP contribution in [0.1, 0.15) is 17.5 Å². The molecule has 0 unspecified atom stereocenters. The maximum atomic E-state index is 6.13. The number of fused-ring (bicyclic) bond motifs is 1. The van der Waals surface area contributed by atoms with E-state index < -0.39 is 0 Å². The van der Waals surface area contributed by atoms with Crippen LogP contribution in [0.4, 0.5) is 0 Å². The lowest BCUT2D eigenvalue weighted by Gasteiger charge is -2.06. The van der Waals surface area contributed by atoms with Crippen molar-refractivity contribution in [2.45, 2.75) is 12.5 Å². The summed E-state index contributed by atoms with van der Waals surface area (Å²) in [5.41, 5.74) is 8.97. The smallest absolute Gasteiger partial charge is 0.212 e. The molecule has 0 bridgehead atoms. The number of nitrogens with zero attached hydrogens (tertiary/aromatic N) is 1. The Hall–Kier alpha value is -2.13. The second kappa shape index (κ2) is 4.63. The molecule has 3 nitrogen and oxygen atoms in total.